The molecule has 0 aliphatic rings. The zero-order chi connectivity index (χ0) is 20.5. The molecule has 4 rings (SSSR count). The molecule has 0 saturated heterocycles. The minimum atomic E-state index is 0.288. The number of hydrogen-bond donors (Lipinski definition) is 1. The first-order valence-electron chi connectivity index (χ1n) is 9.75. The second-order valence-electron chi connectivity index (χ2n) is 7.62. The zero-order valence-electron chi connectivity index (χ0n) is 17.2. The van der Waals surface area contributed by atoms with E-state index in [4.69, 9.17) is 0 Å². The third-order valence-electron chi connectivity index (χ3n) is 5.35. The first-order valence-corrected chi connectivity index (χ1v) is 9.75. The van der Waals surface area contributed by atoms with E-state index in [-0.39, 0.29) is 5.75 Å². The summed E-state index contributed by atoms with van der Waals surface area (Å²) in [5.41, 5.74) is 7.95. The van der Waals surface area contributed by atoms with Crippen molar-refractivity contribution in [2.45, 2.75) is 27.7 Å². The molecule has 0 spiro atoms. The van der Waals surface area contributed by atoms with Gasteiger partial charge in [-0.15, -0.1) is 0 Å². The van der Waals surface area contributed by atoms with Crippen molar-refractivity contribution in [1.82, 2.24) is 0 Å². The average Bonchev–Trinajstić information content (AvgIpc) is 2.71. The van der Waals surface area contributed by atoms with Gasteiger partial charge in [-0.2, -0.15) is 10.2 Å². The van der Waals surface area contributed by atoms with Gasteiger partial charge in [-0.25, -0.2) is 0 Å². The molecular formula is C26H24N2O. The van der Waals surface area contributed by atoms with Gasteiger partial charge in [0.15, 0.2) is 0 Å². The van der Waals surface area contributed by atoms with Gasteiger partial charge in [0.1, 0.15) is 5.75 Å². The van der Waals surface area contributed by atoms with Crippen molar-refractivity contribution in [2.75, 3.05) is 0 Å². The predicted octanol–water partition coefficient (Wildman–Crippen LogP) is 7.86. The van der Waals surface area contributed by atoms with Crippen molar-refractivity contribution >= 4 is 22.1 Å². The molecule has 1 N–H and O–H groups in total. The van der Waals surface area contributed by atoms with E-state index < -0.39 is 0 Å². The Morgan fingerprint density at radius 1 is 0.655 bits per heavy atom. The standard InChI is InChI=1S/C26H24N2O/c1-16-9-10-17(2)23(13-16)27-28-24-15-18(3)22(14-19(24)4)26-21-8-6-5-7-20(21)11-12-25(26)29/h5-15,29H,1-4H3. The van der Waals surface area contributed by atoms with Crippen LogP contribution in [-0.4, -0.2) is 5.11 Å². The zero-order valence-corrected chi connectivity index (χ0v) is 17.2. The molecule has 0 bridgehead atoms. The Morgan fingerprint density at radius 2 is 1.38 bits per heavy atom. The Balaban J connectivity index is 1.80. The Hall–Kier alpha value is -3.46. The number of aromatic hydroxyl groups is 1. The fourth-order valence-electron chi connectivity index (χ4n) is 3.66. The van der Waals surface area contributed by atoms with Crippen LogP contribution in [0.15, 0.2) is 77.0 Å². The molecule has 0 aliphatic heterocycles. The Bertz CT molecular complexity index is 1260. The number of aryl methyl sites for hydroxylation is 4. The molecule has 0 fully saturated rings. The van der Waals surface area contributed by atoms with Crippen LogP contribution >= 0.6 is 0 Å². The molecule has 3 nitrogen and oxygen atoms in total. The van der Waals surface area contributed by atoms with Crippen molar-refractivity contribution in [3.63, 3.8) is 0 Å². The largest absolute Gasteiger partial charge is 0.507 e. The Labute approximate surface area is 171 Å². The lowest BCUT2D eigenvalue weighted by Crippen LogP contribution is -1.89. The molecule has 29 heavy (non-hydrogen) atoms. The van der Waals surface area contributed by atoms with E-state index in [1.807, 2.05) is 57.2 Å². The first-order chi connectivity index (χ1) is 13.9. The van der Waals surface area contributed by atoms with E-state index in [1.54, 1.807) is 6.07 Å². The summed E-state index contributed by atoms with van der Waals surface area (Å²) in [6.45, 7) is 8.17. The monoisotopic (exact) mass is 380 g/mol. The smallest absolute Gasteiger partial charge is 0.124 e. The van der Waals surface area contributed by atoms with Gasteiger partial charge in [-0.05, 0) is 90.6 Å². The first kappa shape index (κ1) is 18.9. The van der Waals surface area contributed by atoms with Gasteiger partial charge in [-0.3, -0.25) is 0 Å². The number of benzene rings is 4. The summed E-state index contributed by atoms with van der Waals surface area (Å²) in [6.07, 6.45) is 0. The van der Waals surface area contributed by atoms with Crippen LogP contribution in [0.4, 0.5) is 11.4 Å². The maximum Gasteiger partial charge on any atom is 0.124 e. The topological polar surface area (TPSA) is 45.0 Å². The van der Waals surface area contributed by atoms with Gasteiger partial charge in [-0.1, -0.05) is 42.5 Å². The molecule has 4 aromatic carbocycles. The summed E-state index contributed by atoms with van der Waals surface area (Å²) in [6, 6.07) is 22.2. The van der Waals surface area contributed by atoms with Crippen molar-refractivity contribution in [3.05, 3.63) is 89.0 Å². The SMILES string of the molecule is Cc1ccc(C)c(N=Nc2cc(C)c(-c3c(O)ccc4ccccc34)cc2C)c1. The molecule has 0 unspecified atom stereocenters. The van der Waals surface area contributed by atoms with Crippen LogP contribution in [0.2, 0.25) is 0 Å². The Kier molecular flexibility index (Phi) is 4.89. The summed E-state index contributed by atoms with van der Waals surface area (Å²) < 4.78 is 0. The summed E-state index contributed by atoms with van der Waals surface area (Å²) >= 11 is 0. The molecule has 0 heterocycles. The second kappa shape index (κ2) is 7.51. The number of azo groups is 1. The quantitative estimate of drug-likeness (QED) is 0.361. The minimum absolute atomic E-state index is 0.288. The van der Waals surface area contributed by atoms with Crippen molar-refractivity contribution in [3.8, 4) is 16.9 Å². The predicted molar refractivity (Wildman–Crippen MR) is 121 cm³/mol. The molecular weight excluding hydrogens is 356 g/mol. The van der Waals surface area contributed by atoms with E-state index in [0.29, 0.717) is 0 Å². The molecule has 0 radical (unpaired) electrons. The molecule has 0 amide bonds. The highest BCUT2D eigenvalue weighted by Crippen LogP contribution is 2.40. The highest BCUT2D eigenvalue weighted by Gasteiger charge is 2.13. The van der Waals surface area contributed by atoms with E-state index in [2.05, 4.69) is 41.4 Å². The number of fused-ring (bicyclic) bond motifs is 1. The van der Waals surface area contributed by atoms with Gasteiger partial charge >= 0.3 is 0 Å². The van der Waals surface area contributed by atoms with Crippen LogP contribution in [0, 0.1) is 27.7 Å². The number of rotatable bonds is 3. The van der Waals surface area contributed by atoms with E-state index in [9.17, 15) is 5.11 Å². The lowest BCUT2D eigenvalue weighted by molar-refractivity contribution is 0.478. The fraction of sp³-hybridized carbons (Fsp3) is 0.154. The lowest BCUT2D eigenvalue weighted by Gasteiger charge is -2.14. The maximum absolute atomic E-state index is 10.6. The van der Waals surface area contributed by atoms with Crippen molar-refractivity contribution < 1.29 is 5.11 Å². The normalized spacial score (nSPS) is 11.4. The van der Waals surface area contributed by atoms with Crippen LogP contribution in [0.25, 0.3) is 21.9 Å². The lowest BCUT2D eigenvalue weighted by atomic mass is 9.92. The van der Waals surface area contributed by atoms with Gasteiger partial charge in [0, 0.05) is 5.56 Å². The number of nitrogens with zero attached hydrogens (tertiary/aromatic N) is 2. The third-order valence-corrected chi connectivity index (χ3v) is 5.35. The summed E-state index contributed by atoms with van der Waals surface area (Å²) in [5, 5.41) is 21.8. The molecule has 0 aromatic heterocycles. The molecule has 3 heteroatoms. The van der Waals surface area contributed by atoms with Gasteiger partial charge < -0.3 is 5.11 Å². The van der Waals surface area contributed by atoms with Crippen molar-refractivity contribution in [2.24, 2.45) is 10.2 Å². The number of phenolic OH excluding ortho intramolecular Hbond substituents is 1. The van der Waals surface area contributed by atoms with E-state index in [1.165, 1.54) is 5.56 Å². The highest BCUT2D eigenvalue weighted by atomic mass is 16.3. The summed E-state index contributed by atoms with van der Waals surface area (Å²) in [4.78, 5) is 0. The van der Waals surface area contributed by atoms with Crippen LogP contribution in [0.3, 0.4) is 0 Å². The highest BCUT2D eigenvalue weighted by molar-refractivity contribution is 6.00. The van der Waals surface area contributed by atoms with Gasteiger partial charge in [0.2, 0.25) is 0 Å². The van der Waals surface area contributed by atoms with Gasteiger partial charge in [0.25, 0.3) is 0 Å². The molecule has 0 atom stereocenters. The molecule has 0 aliphatic carbocycles. The fourth-order valence-corrected chi connectivity index (χ4v) is 3.66. The summed E-state index contributed by atoms with van der Waals surface area (Å²) in [7, 11) is 0. The number of hydrogen-bond acceptors (Lipinski definition) is 3. The van der Waals surface area contributed by atoms with Crippen molar-refractivity contribution in [1.29, 1.82) is 0 Å². The van der Waals surface area contributed by atoms with E-state index >= 15 is 0 Å². The van der Waals surface area contributed by atoms with Crippen LogP contribution < -0.4 is 0 Å². The molecule has 0 saturated carbocycles. The van der Waals surface area contributed by atoms with Crippen LogP contribution in [0.1, 0.15) is 22.3 Å². The van der Waals surface area contributed by atoms with Crippen LogP contribution in [-0.2, 0) is 0 Å². The van der Waals surface area contributed by atoms with E-state index in [0.717, 1.165) is 50.0 Å². The third kappa shape index (κ3) is 3.64. The Morgan fingerprint density at radius 3 is 2.17 bits per heavy atom. The molecule has 144 valence electrons. The number of phenols is 1. The summed E-state index contributed by atoms with van der Waals surface area (Å²) in [5.74, 6) is 0.288. The minimum Gasteiger partial charge on any atom is -0.507 e. The second-order valence-corrected chi connectivity index (χ2v) is 7.62. The maximum atomic E-state index is 10.6. The molecule has 4 aromatic rings. The van der Waals surface area contributed by atoms with Gasteiger partial charge in [0.05, 0.1) is 11.4 Å². The average molecular weight is 380 g/mol. The van der Waals surface area contributed by atoms with Crippen LogP contribution in [0.5, 0.6) is 5.75 Å².